The van der Waals surface area contributed by atoms with Crippen molar-refractivity contribution in [2.45, 2.75) is 0 Å². The van der Waals surface area contributed by atoms with E-state index < -0.39 is 0 Å². The summed E-state index contributed by atoms with van der Waals surface area (Å²) in [6.07, 6.45) is 0. The Kier molecular flexibility index (Phi) is 4.11. The van der Waals surface area contributed by atoms with E-state index in [1.807, 2.05) is 12.1 Å². The van der Waals surface area contributed by atoms with Gasteiger partial charge >= 0.3 is 0 Å². The highest BCUT2D eigenvalue weighted by molar-refractivity contribution is 6.35. The highest BCUT2D eigenvalue weighted by Gasteiger charge is 2.17. The highest BCUT2D eigenvalue weighted by atomic mass is 35.5. The molecule has 3 nitrogen and oxygen atoms in total. The smallest absolute Gasteiger partial charge is 0.0867 e. The van der Waals surface area contributed by atoms with E-state index in [1.54, 1.807) is 6.07 Å². The predicted molar refractivity (Wildman–Crippen MR) is 70.7 cm³/mol. The monoisotopic (exact) mass is 269 g/mol. The maximum absolute atomic E-state index is 8.63. The van der Waals surface area contributed by atoms with E-state index in [-0.39, 0.29) is 0 Å². The third-order valence-corrected chi connectivity index (χ3v) is 3.32. The van der Waals surface area contributed by atoms with E-state index >= 15 is 0 Å². The number of nitriles is 1. The average molecular weight is 270 g/mol. The van der Waals surface area contributed by atoms with Crippen LogP contribution in [0.1, 0.15) is 0 Å². The molecule has 1 saturated heterocycles. The molecule has 5 heteroatoms. The average Bonchev–Trinajstić information content (AvgIpc) is 2.29. The molecule has 2 rings (SSSR count). The number of anilines is 1. The molecule has 1 aliphatic heterocycles. The zero-order valence-electron chi connectivity index (χ0n) is 9.37. The number of halogens is 2. The molecule has 1 fully saturated rings. The summed E-state index contributed by atoms with van der Waals surface area (Å²) in [5, 5.41) is 9.95. The second kappa shape index (κ2) is 5.59. The van der Waals surface area contributed by atoms with E-state index in [0.29, 0.717) is 16.6 Å². The first kappa shape index (κ1) is 12.5. The normalized spacial score (nSPS) is 16.9. The van der Waals surface area contributed by atoms with Crippen LogP contribution in [0.25, 0.3) is 0 Å². The molecule has 17 heavy (non-hydrogen) atoms. The van der Waals surface area contributed by atoms with Gasteiger partial charge < -0.3 is 4.90 Å². The van der Waals surface area contributed by atoms with Crippen molar-refractivity contribution < 1.29 is 0 Å². The van der Waals surface area contributed by atoms with Crippen LogP contribution < -0.4 is 4.90 Å². The molecule has 0 spiro atoms. The van der Waals surface area contributed by atoms with E-state index in [2.05, 4.69) is 15.9 Å². The van der Waals surface area contributed by atoms with Crippen LogP contribution in [0.3, 0.4) is 0 Å². The molecule has 1 aliphatic rings. The van der Waals surface area contributed by atoms with Crippen LogP contribution in [-0.4, -0.2) is 37.6 Å². The number of rotatable bonds is 2. The molecule has 1 aromatic carbocycles. The van der Waals surface area contributed by atoms with Gasteiger partial charge in [0.05, 0.1) is 12.6 Å². The molecule has 0 atom stereocenters. The Hall–Kier alpha value is -0.950. The fourth-order valence-corrected chi connectivity index (χ4v) is 2.50. The number of hydrogen-bond acceptors (Lipinski definition) is 3. The van der Waals surface area contributed by atoms with Gasteiger partial charge in [-0.25, -0.2) is 0 Å². The molecule has 0 radical (unpaired) electrons. The first-order valence-corrected chi connectivity index (χ1v) is 6.25. The van der Waals surface area contributed by atoms with Crippen molar-refractivity contribution in [3.63, 3.8) is 0 Å². The van der Waals surface area contributed by atoms with Gasteiger partial charge in [-0.1, -0.05) is 23.2 Å². The van der Waals surface area contributed by atoms with E-state index in [0.717, 1.165) is 31.9 Å². The van der Waals surface area contributed by atoms with E-state index in [9.17, 15) is 0 Å². The molecule has 0 aromatic heterocycles. The van der Waals surface area contributed by atoms with Gasteiger partial charge in [0.25, 0.3) is 0 Å². The van der Waals surface area contributed by atoms with Crippen molar-refractivity contribution in [2.24, 2.45) is 0 Å². The Morgan fingerprint density at radius 2 is 1.65 bits per heavy atom. The van der Waals surface area contributed by atoms with Crippen LogP contribution >= 0.6 is 23.2 Å². The van der Waals surface area contributed by atoms with Gasteiger partial charge in [-0.05, 0) is 18.2 Å². The minimum atomic E-state index is 0.504. The zero-order valence-corrected chi connectivity index (χ0v) is 10.9. The molecular weight excluding hydrogens is 257 g/mol. The van der Waals surface area contributed by atoms with Crippen LogP contribution in [0.5, 0.6) is 0 Å². The van der Waals surface area contributed by atoms with Crippen molar-refractivity contribution in [1.29, 1.82) is 5.26 Å². The van der Waals surface area contributed by atoms with Gasteiger partial charge in [0.2, 0.25) is 0 Å². The molecule has 0 unspecified atom stereocenters. The standard InChI is InChI=1S/C12H13Cl2N3/c13-10-7-11(14)9-12(8-10)17-5-3-16(2-1-15)4-6-17/h7-9H,2-6H2. The molecule has 0 N–H and O–H groups in total. The Bertz CT molecular complexity index is 414. The highest BCUT2D eigenvalue weighted by Crippen LogP contribution is 2.26. The summed E-state index contributed by atoms with van der Waals surface area (Å²) in [7, 11) is 0. The summed E-state index contributed by atoms with van der Waals surface area (Å²) in [4.78, 5) is 4.38. The molecular formula is C12H13Cl2N3. The van der Waals surface area contributed by atoms with Crippen molar-refractivity contribution in [3.05, 3.63) is 28.2 Å². The molecule has 1 aromatic rings. The van der Waals surface area contributed by atoms with Gasteiger partial charge in [-0.3, -0.25) is 4.90 Å². The SMILES string of the molecule is N#CCN1CCN(c2cc(Cl)cc(Cl)c2)CC1. The fourth-order valence-electron chi connectivity index (χ4n) is 1.99. The van der Waals surface area contributed by atoms with Crippen LogP contribution in [0, 0.1) is 11.3 Å². The predicted octanol–water partition coefficient (Wildman–Crippen LogP) is 2.64. The van der Waals surface area contributed by atoms with Gasteiger partial charge in [-0.15, -0.1) is 0 Å². The Labute approximate surface area is 111 Å². The topological polar surface area (TPSA) is 30.3 Å². The molecule has 0 bridgehead atoms. The zero-order chi connectivity index (χ0) is 12.3. The third kappa shape index (κ3) is 3.26. The summed E-state index contributed by atoms with van der Waals surface area (Å²) in [6.45, 7) is 4.11. The molecule has 0 saturated carbocycles. The maximum atomic E-state index is 8.63. The van der Waals surface area contributed by atoms with E-state index in [1.165, 1.54) is 0 Å². The lowest BCUT2D eigenvalue weighted by atomic mass is 10.2. The van der Waals surface area contributed by atoms with Crippen molar-refractivity contribution in [1.82, 2.24) is 4.90 Å². The number of benzene rings is 1. The fraction of sp³-hybridized carbons (Fsp3) is 0.417. The summed E-state index contributed by atoms with van der Waals surface area (Å²) >= 11 is 12.0. The summed E-state index contributed by atoms with van der Waals surface area (Å²) in [5.41, 5.74) is 1.05. The molecule has 1 heterocycles. The Morgan fingerprint density at radius 3 is 2.18 bits per heavy atom. The molecule has 0 amide bonds. The second-order valence-electron chi connectivity index (χ2n) is 4.05. The largest absolute Gasteiger partial charge is 0.369 e. The van der Waals surface area contributed by atoms with Crippen LogP contribution in [0.15, 0.2) is 18.2 Å². The summed E-state index contributed by atoms with van der Waals surface area (Å²) in [6, 6.07) is 7.76. The molecule has 90 valence electrons. The Balaban J connectivity index is 2.03. The minimum absolute atomic E-state index is 0.504. The second-order valence-corrected chi connectivity index (χ2v) is 4.92. The van der Waals surface area contributed by atoms with Crippen molar-refractivity contribution in [2.75, 3.05) is 37.6 Å². The quantitative estimate of drug-likeness (QED) is 0.774. The van der Waals surface area contributed by atoms with Gasteiger partial charge in [0.15, 0.2) is 0 Å². The lowest BCUT2D eigenvalue weighted by Gasteiger charge is -2.35. The lowest BCUT2D eigenvalue weighted by Crippen LogP contribution is -2.46. The van der Waals surface area contributed by atoms with E-state index in [4.69, 9.17) is 28.5 Å². The summed E-state index contributed by atoms with van der Waals surface area (Å²) in [5.74, 6) is 0. The number of piperazine rings is 1. The molecule has 0 aliphatic carbocycles. The Morgan fingerprint density at radius 1 is 1.06 bits per heavy atom. The first-order valence-electron chi connectivity index (χ1n) is 5.49. The maximum Gasteiger partial charge on any atom is 0.0867 e. The van der Waals surface area contributed by atoms with Crippen LogP contribution in [0.4, 0.5) is 5.69 Å². The van der Waals surface area contributed by atoms with Crippen molar-refractivity contribution in [3.8, 4) is 6.07 Å². The number of nitrogens with zero attached hydrogens (tertiary/aromatic N) is 3. The lowest BCUT2D eigenvalue weighted by molar-refractivity contribution is 0.287. The van der Waals surface area contributed by atoms with Gasteiger partial charge in [0.1, 0.15) is 0 Å². The van der Waals surface area contributed by atoms with Gasteiger partial charge in [-0.2, -0.15) is 5.26 Å². The third-order valence-electron chi connectivity index (χ3n) is 2.88. The van der Waals surface area contributed by atoms with Crippen molar-refractivity contribution >= 4 is 28.9 Å². The minimum Gasteiger partial charge on any atom is -0.369 e. The summed E-state index contributed by atoms with van der Waals surface area (Å²) < 4.78 is 0. The first-order chi connectivity index (χ1) is 8.19. The van der Waals surface area contributed by atoms with Crippen LogP contribution in [0.2, 0.25) is 10.0 Å². The van der Waals surface area contributed by atoms with Crippen LogP contribution in [-0.2, 0) is 0 Å². The van der Waals surface area contributed by atoms with Gasteiger partial charge in [0, 0.05) is 41.9 Å². The number of hydrogen-bond donors (Lipinski definition) is 0.